The van der Waals surface area contributed by atoms with Gasteiger partial charge in [0.1, 0.15) is 0 Å². The molecule has 170 valence electrons. The summed E-state index contributed by atoms with van der Waals surface area (Å²) < 4.78 is 22.9. The fourth-order valence-corrected chi connectivity index (χ4v) is 7.64. The van der Waals surface area contributed by atoms with E-state index in [1.165, 1.54) is 12.8 Å². The van der Waals surface area contributed by atoms with Crippen LogP contribution in [0.5, 0.6) is 0 Å². The molecule has 1 unspecified atom stereocenters. The van der Waals surface area contributed by atoms with Crippen molar-refractivity contribution < 1.29 is 18.5 Å². The Morgan fingerprint density at radius 3 is 2.37 bits per heavy atom. The van der Waals surface area contributed by atoms with Gasteiger partial charge in [-0.25, -0.2) is 4.21 Å². The third-order valence-corrected chi connectivity index (χ3v) is 10.4. The van der Waals surface area contributed by atoms with E-state index < -0.39 is 9.73 Å². The van der Waals surface area contributed by atoms with Gasteiger partial charge in [0.05, 0.1) is 9.73 Å². The fraction of sp³-hybridized carbons (Fsp3) is 0.913. The maximum atomic E-state index is 13.3. The molecule has 7 heteroatoms. The molecule has 0 aromatic carbocycles. The molecule has 0 aromatic rings. The van der Waals surface area contributed by atoms with Gasteiger partial charge in [-0.2, -0.15) is 4.36 Å². The number of hydrogen-bond acceptors (Lipinski definition) is 4. The highest BCUT2D eigenvalue weighted by molar-refractivity contribution is 7.93. The molecule has 2 saturated heterocycles. The summed E-state index contributed by atoms with van der Waals surface area (Å²) in [5, 5.41) is -0.0900. The van der Waals surface area contributed by atoms with Crippen LogP contribution in [0, 0.1) is 23.2 Å². The molecule has 2 amide bonds. The van der Waals surface area contributed by atoms with Crippen LogP contribution < -0.4 is 0 Å². The van der Waals surface area contributed by atoms with Gasteiger partial charge in [0.25, 0.3) is 5.91 Å². The molecular formula is C23H38N2O4S. The zero-order valence-electron chi connectivity index (χ0n) is 18.6. The Morgan fingerprint density at radius 1 is 1.10 bits per heavy atom. The maximum absolute atomic E-state index is 13.3. The van der Waals surface area contributed by atoms with Gasteiger partial charge in [-0.05, 0) is 62.2 Å². The van der Waals surface area contributed by atoms with Crippen molar-refractivity contribution in [1.82, 2.24) is 4.90 Å². The predicted molar refractivity (Wildman–Crippen MR) is 117 cm³/mol. The zero-order valence-corrected chi connectivity index (χ0v) is 19.5. The van der Waals surface area contributed by atoms with Crippen molar-refractivity contribution in [3.63, 3.8) is 0 Å². The van der Waals surface area contributed by atoms with E-state index in [2.05, 4.69) is 11.3 Å². The summed E-state index contributed by atoms with van der Waals surface area (Å²) in [6.45, 7) is 5.10. The molecule has 3 atom stereocenters. The average Bonchev–Trinajstić information content (AvgIpc) is 3.43. The Hall–Kier alpha value is -0.950. The number of carbonyl (C=O) groups is 2. The second-order valence-electron chi connectivity index (χ2n) is 10.5. The van der Waals surface area contributed by atoms with E-state index in [4.69, 9.17) is 4.74 Å². The van der Waals surface area contributed by atoms with Crippen molar-refractivity contribution in [2.75, 3.05) is 32.6 Å². The van der Waals surface area contributed by atoms with Gasteiger partial charge in [0, 0.05) is 50.1 Å². The van der Waals surface area contributed by atoms with Crippen molar-refractivity contribution in [3.05, 3.63) is 0 Å². The molecule has 2 heterocycles. The molecule has 0 aromatic heterocycles. The largest absolute Gasteiger partial charge is 0.381 e. The number of nitrogens with zero attached hydrogens (tertiary/aromatic N) is 2. The Balaban J connectivity index is 1.28. The van der Waals surface area contributed by atoms with Crippen molar-refractivity contribution in [2.24, 2.45) is 27.5 Å². The molecule has 0 bridgehead atoms. The topological polar surface area (TPSA) is 76.0 Å². The first-order valence-corrected chi connectivity index (χ1v) is 13.9. The third-order valence-electron chi connectivity index (χ3n) is 8.10. The van der Waals surface area contributed by atoms with Crippen LogP contribution in [0.2, 0.25) is 0 Å². The standard InChI is InChI=1S/C23H38N2O4S/c1-23(9-3-4-10-23)16-21(26)25-11-5-18(6-12-25)30(2,28)24-22(27)20-15-19(20)17-7-13-29-14-8-17/h17-20H,3-16H2,1-2H3/t19-,20+,30?/m0/s1. The van der Waals surface area contributed by atoms with Crippen LogP contribution in [0.1, 0.15) is 71.1 Å². The van der Waals surface area contributed by atoms with Crippen molar-refractivity contribution in [2.45, 2.75) is 76.4 Å². The van der Waals surface area contributed by atoms with Crippen LogP contribution in [-0.4, -0.2) is 58.7 Å². The van der Waals surface area contributed by atoms with E-state index in [1.807, 2.05) is 4.90 Å². The van der Waals surface area contributed by atoms with E-state index >= 15 is 0 Å². The minimum absolute atomic E-state index is 0.0253. The lowest BCUT2D eigenvalue weighted by Gasteiger charge is -2.34. The number of ether oxygens (including phenoxy) is 1. The van der Waals surface area contributed by atoms with Gasteiger partial charge < -0.3 is 9.64 Å². The number of likely N-dealkylation sites (tertiary alicyclic amines) is 1. The summed E-state index contributed by atoms with van der Waals surface area (Å²) in [5.74, 6) is 1.05. The molecule has 6 nitrogen and oxygen atoms in total. The molecular weight excluding hydrogens is 400 g/mol. The minimum atomic E-state index is -2.56. The van der Waals surface area contributed by atoms with Crippen LogP contribution in [0.3, 0.4) is 0 Å². The first-order chi connectivity index (χ1) is 14.3. The number of carbonyl (C=O) groups excluding carboxylic acids is 2. The predicted octanol–water partition coefficient (Wildman–Crippen LogP) is 3.63. The highest BCUT2D eigenvalue weighted by Gasteiger charge is 2.48. The maximum Gasteiger partial charge on any atom is 0.257 e. The molecule has 4 fully saturated rings. The molecule has 4 aliphatic rings. The van der Waals surface area contributed by atoms with Crippen LogP contribution in [0.15, 0.2) is 4.36 Å². The summed E-state index contributed by atoms with van der Waals surface area (Å²) in [6, 6.07) is 0. The monoisotopic (exact) mass is 438 g/mol. The normalized spacial score (nSPS) is 31.9. The Kier molecular flexibility index (Phi) is 6.59. The number of amides is 2. The van der Waals surface area contributed by atoms with Crippen LogP contribution in [0.25, 0.3) is 0 Å². The molecule has 2 saturated carbocycles. The van der Waals surface area contributed by atoms with E-state index in [9.17, 15) is 13.8 Å². The molecule has 4 rings (SSSR count). The van der Waals surface area contributed by atoms with E-state index in [0.29, 0.717) is 44.2 Å². The third kappa shape index (κ3) is 5.09. The van der Waals surface area contributed by atoms with Crippen molar-refractivity contribution in [1.29, 1.82) is 0 Å². The Labute approximate surface area is 181 Å². The molecule has 2 aliphatic carbocycles. The number of hydrogen-bond donors (Lipinski definition) is 0. The molecule has 30 heavy (non-hydrogen) atoms. The summed E-state index contributed by atoms with van der Waals surface area (Å²) in [5.41, 5.74) is 0.166. The molecule has 0 radical (unpaired) electrons. The molecule has 2 aliphatic heterocycles. The summed E-state index contributed by atoms with van der Waals surface area (Å²) >= 11 is 0. The highest BCUT2D eigenvalue weighted by Crippen LogP contribution is 2.48. The lowest BCUT2D eigenvalue weighted by molar-refractivity contribution is -0.134. The molecule has 0 spiro atoms. The minimum Gasteiger partial charge on any atom is -0.381 e. The Morgan fingerprint density at radius 2 is 1.73 bits per heavy atom. The van der Waals surface area contributed by atoms with Gasteiger partial charge in [-0.3, -0.25) is 9.59 Å². The summed E-state index contributed by atoms with van der Waals surface area (Å²) in [4.78, 5) is 27.4. The second-order valence-corrected chi connectivity index (χ2v) is 13.1. The number of rotatable bonds is 5. The average molecular weight is 439 g/mol. The van der Waals surface area contributed by atoms with Crippen molar-refractivity contribution >= 4 is 21.5 Å². The molecule has 0 N–H and O–H groups in total. The van der Waals surface area contributed by atoms with E-state index in [1.54, 1.807) is 6.26 Å². The van der Waals surface area contributed by atoms with Gasteiger partial charge in [-0.15, -0.1) is 0 Å². The second kappa shape index (κ2) is 8.89. The summed E-state index contributed by atoms with van der Waals surface area (Å²) in [7, 11) is -2.56. The Bertz CT molecular complexity index is 768. The zero-order chi connectivity index (χ0) is 21.4. The van der Waals surface area contributed by atoms with E-state index in [-0.39, 0.29) is 28.4 Å². The quantitative estimate of drug-likeness (QED) is 0.657. The lowest BCUT2D eigenvalue weighted by Crippen LogP contribution is -2.43. The smallest absolute Gasteiger partial charge is 0.257 e. The lowest BCUT2D eigenvalue weighted by atomic mass is 9.84. The first kappa shape index (κ1) is 22.3. The fourth-order valence-electron chi connectivity index (χ4n) is 5.91. The SMILES string of the molecule is CC1(CC(=O)N2CCC(S(C)(=O)=NC(=O)[C@@H]3C[C@H]3C3CCOCC3)CC2)CCCC1. The van der Waals surface area contributed by atoms with Crippen LogP contribution in [0.4, 0.5) is 0 Å². The van der Waals surface area contributed by atoms with Gasteiger partial charge in [-0.1, -0.05) is 19.8 Å². The van der Waals surface area contributed by atoms with Crippen LogP contribution in [-0.2, 0) is 24.1 Å². The van der Waals surface area contributed by atoms with E-state index in [0.717, 1.165) is 45.3 Å². The van der Waals surface area contributed by atoms with Crippen LogP contribution >= 0.6 is 0 Å². The first-order valence-electron chi connectivity index (χ1n) is 11.9. The van der Waals surface area contributed by atoms with Gasteiger partial charge >= 0.3 is 0 Å². The van der Waals surface area contributed by atoms with Crippen molar-refractivity contribution in [3.8, 4) is 0 Å². The summed E-state index contributed by atoms with van der Waals surface area (Å²) in [6.07, 6.45) is 11.4. The number of piperidine rings is 1. The van der Waals surface area contributed by atoms with Gasteiger partial charge in [0.15, 0.2) is 0 Å². The highest BCUT2D eigenvalue weighted by atomic mass is 32.2. The van der Waals surface area contributed by atoms with Gasteiger partial charge in [0.2, 0.25) is 5.91 Å².